The lowest BCUT2D eigenvalue weighted by Gasteiger charge is -2.42. The first kappa shape index (κ1) is 14.3. The van der Waals surface area contributed by atoms with E-state index in [0.717, 1.165) is 21.1 Å². The van der Waals surface area contributed by atoms with Crippen LogP contribution in [0.1, 0.15) is 17.2 Å². The summed E-state index contributed by atoms with van der Waals surface area (Å²) in [5.41, 5.74) is 2.03. The standard InChI is InChI=1S/C14H13ClF2N4S/c1-7-8(15)3-18-13-9(7)10-11(22-13)12(19-6-20(10)2)21-4-14(16,17)5-21/h3,6,10H,4-5H2,1-2H3. The molecule has 1 aromatic heterocycles. The van der Waals surface area contributed by atoms with Gasteiger partial charge in [-0.05, 0) is 12.5 Å². The van der Waals surface area contributed by atoms with Crippen molar-refractivity contribution in [3.63, 3.8) is 0 Å². The van der Waals surface area contributed by atoms with Crippen molar-refractivity contribution >= 4 is 29.7 Å². The third-order valence-corrected chi connectivity index (χ3v) is 5.68. The van der Waals surface area contributed by atoms with Crippen molar-refractivity contribution in [1.82, 2.24) is 14.8 Å². The second-order valence-electron chi connectivity index (χ2n) is 5.76. The number of thioether (sulfide) groups is 1. The minimum atomic E-state index is -2.62. The summed E-state index contributed by atoms with van der Waals surface area (Å²) < 4.78 is 26.4. The van der Waals surface area contributed by atoms with Gasteiger partial charge in [0.15, 0.2) is 0 Å². The maximum atomic E-state index is 13.2. The Labute approximate surface area is 135 Å². The van der Waals surface area contributed by atoms with Gasteiger partial charge < -0.3 is 9.80 Å². The van der Waals surface area contributed by atoms with Gasteiger partial charge in [0.1, 0.15) is 10.8 Å². The van der Waals surface area contributed by atoms with E-state index in [4.69, 9.17) is 11.6 Å². The number of alkyl halides is 2. The molecule has 4 rings (SSSR count). The zero-order valence-corrected chi connectivity index (χ0v) is 13.5. The highest BCUT2D eigenvalue weighted by Crippen LogP contribution is 2.54. The zero-order valence-electron chi connectivity index (χ0n) is 12.0. The van der Waals surface area contributed by atoms with Crippen LogP contribution in [0.25, 0.3) is 0 Å². The number of hydrogen-bond donors (Lipinski definition) is 0. The number of likely N-dealkylation sites (N-methyl/N-ethyl adjacent to an activating group) is 1. The molecule has 116 valence electrons. The Morgan fingerprint density at radius 3 is 2.82 bits per heavy atom. The van der Waals surface area contributed by atoms with Gasteiger partial charge in [0.25, 0.3) is 5.92 Å². The Balaban J connectivity index is 1.79. The summed E-state index contributed by atoms with van der Waals surface area (Å²) in [7, 11) is 1.92. The number of nitrogens with zero attached hydrogens (tertiary/aromatic N) is 4. The summed E-state index contributed by atoms with van der Waals surface area (Å²) in [5.74, 6) is -1.98. The zero-order chi connectivity index (χ0) is 15.6. The molecule has 0 aliphatic carbocycles. The molecule has 3 aliphatic heterocycles. The lowest BCUT2D eigenvalue weighted by Crippen LogP contribution is -2.55. The molecular weight excluding hydrogens is 330 g/mol. The number of pyridine rings is 1. The first-order valence-corrected chi connectivity index (χ1v) is 8.03. The van der Waals surface area contributed by atoms with Gasteiger partial charge in [-0.3, -0.25) is 0 Å². The predicted octanol–water partition coefficient (Wildman–Crippen LogP) is 3.28. The number of likely N-dealkylation sites (tertiary alicyclic amines) is 1. The lowest BCUT2D eigenvalue weighted by molar-refractivity contribution is -0.117. The van der Waals surface area contributed by atoms with Gasteiger partial charge in [0.2, 0.25) is 0 Å². The number of aliphatic imine (C=N–C) groups is 1. The molecule has 8 heteroatoms. The van der Waals surface area contributed by atoms with E-state index < -0.39 is 5.92 Å². The van der Waals surface area contributed by atoms with E-state index in [1.165, 1.54) is 11.8 Å². The van der Waals surface area contributed by atoms with E-state index in [2.05, 4.69) is 9.98 Å². The molecule has 4 heterocycles. The molecule has 0 N–H and O–H groups in total. The average molecular weight is 343 g/mol. The fourth-order valence-electron chi connectivity index (χ4n) is 3.00. The lowest BCUT2D eigenvalue weighted by atomic mass is 10.0. The SMILES string of the molecule is Cc1c(Cl)cnc2c1C1C(=C(N3CC(F)(F)C3)N=CN1C)S2. The van der Waals surface area contributed by atoms with E-state index in [1.807, 2.05) is 18.9 Å². The molecule has 0 aromatic carbocycles. The smallest absolute Gasteiger partial charge is 0.282 e. The number of halogens is 3. The van der Waals surface area contributed by atoms with Crippen LogP contribution in [0.4, 0.5) is 8.78 Å². The normalized spacial score (nSPS) is 25.2. The first-order valence-electron chi connectivity index (χ1n) is 6.83. The molecule has 1 atom stereocenters. The van der Waals surface area contributed by atoms with Crippen LogP contribution < -0.4 is 0 Å². The van der Waals surface area contributed by atoms with Crippen molar-refractivity contribution in [2.24, 2.45) is 4.99 Å². The molecule has 0 saturated carbocycles. The van der Waals surface area contributed by atoms with Crippen molar-refractivity contribution in [3.05, 3.63) is 33.1 Å². The minimum Gasteiger partial charge on any atom is -0.354 e. The molecule has 0 amide bonds. The molecule has 1 aromatic rings. The third-order valence-electron chi connectivity index (χ3n) is 4.15. The van der Waals surface area contributed by atoms with E-state index in [0.29, 0.717) is 10.8 Å². The van der Waals surface area contributed by atoms with Gasteiger partial charge in [-0.1, -0.05) is 23.4 Å². The quantitative estimate of drug-likeness (QED) is 0.784. The summed E-state index contributed by atoms with van der Waals surface area (Å²) in [6.07, 6.45) is 3.33. The maximum absolute atomic E-state index is 13.2. The van der Waals surface area contributed by atoms with Crippen molar-refractivity contribution in [1.29, 1.82) is 0 Å². The number of aromatic nitrogens is 1. The molecule has 3 aliphatic rings. The molecule has 22 heavy (non-hydrogen) atoms. The Bertz CT molecular complexity index is 726. The maximum Gasteiger partial charge on any atom is 0.282 e. The Kier molecular flexibility index (Phi) is 2.97. The van der Waals surface area contributed by atoms with Gasteiger partial charge in [-0.15, -0.1) is 0 Å². The Morgan fingerprint density at radius 2 is 2.14 bits per heavy atom. The summed E-state index contributed by atoms with van der Waals surface area (Å²) in [6.45, 7) is 1.41. The monoisotopic (exact) mass is 342 g/mol. The van der Waals surface area contributed by atoms with Gasteiger partial charge in [-0.2, -0.15) is 0 Å². The highest BCUT2D eigenvalue weighted by atomic mass is 35.5. The summed E-state index contributed by atoms with van der Waals surface area (Å²) in [5, 5.41) is 1.50. The van der Waals surface area contributed by atoms with Crippen molar-refractivity contribution in [3.8, 4) is 0 Å². The Morgan fingerprint density at radius 1 is 1.41 bits per heavy atom. The van der Waals surface area contributed by atoms with Crippen molar-refractivity contribution < 1.29 is 8.78 Å². The van der Waals surface area contributed by atoms with Crippen molar-refractivity contribution in [2.75, 3.05) is 20.1 Å². The van der Waals surface area contributed by atoms with E-state index in [-0.39, 0.29) is 19.1 Å². The van der Waals surface area contributed by atoms with E-state index >= 15 is 0 Å². The molecule has 0 radical (unpaired) electrons. The van der Waals surface area contributed by atoms with Gasteiger partial charge in [0.05, 0.1) is 35.4 Å². The predicted molar refractivity (Wildman–Crippen MR) is 82.4 cm³/mol. The van der Waals surface area contributed by atoms with E-state index in [9.17, 15) is 8.78 Å². The second kappa shape index (κ2) is 4.58. The van der Waals surface area contributed by atoms with Crippen LogP contribution in [0.5, 0.6) is 0 Å². The van der Waals surface area contributed by atoms with Crippen LogP contribution in [-0.2, 0) is 0 Å². The molecule has 1 unspecified atom stereocenters. The minimum absolute atomic E-state index is 0.0482. The highest BCUT2D eigenvalue weighted by molar-refractivity contribution is 8.03. The van der Waals surface area contributed by atoms with E-state index in [1.54, 1.807) is 17.4 Å². The van der Waals surface area contributed by atoms with Gasteiger partial charge in [0, 0.05) is 18.8 Å². The molecule has 4 nitrogen and oxygen atoms in total. The first-order chi connectivity index (χ1) is 10.4. The highest BCUT2D eigenvalue weighted by Gasteiger charge is 2.48. The summed E-state index contributed by atoms with van der Waals surface area (Å²) >= 11 is 7.70. The molecule has 1 fully saturated rings. The van der Waals surface area contributed by atoms with Crippen LogP contribution in [0, 0.1) is 6.92 Å². The summed E-state index contributed by atoms with van der Waals surface area (Å²) in [6, 6.07) is -0.0482. The van der Waals surface area contributed by atoms with Crippen LogP contribution in [0.2, 0.25) is 5.02 Å². The van der Waals surface area contributed by atoms with Crippen LogP contribution in [0.3, 0.4) is 0 Å². The summed E-state index contributed by atoms with van der Waals surface area (Å²) in [4.78, 5) is 13.3. The van der Waals surface area contributed by atoms with Crippen molar-refractivity contribution in [2.45, 2.75) is 23.9 Å². The molecule has 1 saturated heterocycles. The van der Waals surface area contributed by atoms with Crippen LogP contribution >= 0.6 is 23.4 Å². The average Bonchev–Trinajstić information content (AvgIpc) is 2.82. The fourth-order valence-corrected chi connectivity index (χ4v) is 4.50. The van der Waals surface area contributed by atoms with Crippen LogP contribution in [0.15, 0.2) is 26.9 Å². The third kappa shape index (κ3) is 1.95. The largest absolute Gasteiger partial charge is 0.354 e. The number of hydrogen-bond acceptors (Lipinski definition) is 5. The Hall–Kier alpha value is -1.34. The molecule has 0 spiro atoms. The number of rotatable bonds is 1. The second-order valence-corrected chi connectivity index (χ2v) is 7.20. The topological polar surface area (TPSA) is 31.7 Å². The molecular formula is C14H13ClF2N4S. The molecule has 0 bridgehead atoms. The van der Waals surface area contributed by atoms with Gasteiger partial charge >= 0.3 is 0 Å². The van der Waals surface area contributed by atoms with Crippen LogP contribution in [-0.4, -0.2) is 47.2 Å². The number of fused-ring (bicyclic) bond motifs is 3. The fraction of sp³-hybridized carbons (Fsp3) is 0.429. The van der Waals surface area contributed by atoms with Gasteiger partial charge in [-0.25, -0.2) is 18.8 Å².